The van der Waals surface area contributed by atoms with Gasteiger partial charge in [-0.15, -0.1) is 11.8 Å². The zero-order chi connectivity index (χ0) is 22.1. The summed E-state index contributed by atoms with van der Waals surface area (Å²) in [5.74, 6) is 0.999. The molecule has 0 unspecified atom stereocenters. The highest BCUT2D eigenvalue weighted by atomic mass is 35.5. The van der Waals surface area contributed by atoms with E-state index in [2.05, 4.69) is 5.32 Å². The summed E-state index contributed by atoms with van der Waals surface area (Å²) in [5, 5.41) is 4.25. The van der Waals surface area contributed by atoms with E-state index in [0.717, 1.165) is 11.1 Å². The summed E-state index contributed by atoms with van der Waals surface area (Å²) in [6.45, 7) is 6.76. The summed E-state index contributed by atoms with van der Waals surface area (Å²) >= 11 is 13.7. The second kappa shape index (κ2) is 12.2. The lowest BCUT2D eigenvalue weighted by molar-refractivity contribution is -0.138. The van der Waals surface area contributed by atoms with E-state index in [-0.39, 0.29) is 17.6 Å². The highest BCUT2D eigenvalue weighted by Gasteiger charge is 2.26. The average molecular weight is 467 g/mol. The van der Waals surface area contributed by atoms with Gasteiger partial charge in [0.05, 0.1) is 5.75 Å². The van der Waals surface area contributed by atoms with Crippen molar-refractivity contribution in [3.63, 3.8) is 0 Å². The molecule has 0 spiro atoms. The molecule has 2 aromatic rings. The Bertz CT molecular complexity index is 843. The number of carbonyl (C=O) groups is 2. The van der Waals surface area contributed by atoms with Crippen molar-refractivity contribution in [3.05, 3.63) is 69.7 Å². The van der Waals surface area contributed by atoms with Gasteiger partial charge < -0.3 is 10.2 Å². The number of thioether (sulfide) groups is 1. The second-order valence-corrected chi connectivity index (χ2v) is 9.38. The summed E-state index contributed by atoms with van der Waals surface area (Å²) in [6.07, 6.45) is 0. The number of benzene rings is 2. The van der Waals surface area contributed by atoms with Crippen LogP contribution in [0.4, 0.5) is 0 Å². The molecule has 0 aliphatic carbocycles. The lowest BCUT2D eigenvalue weighted by Crippen LogP contribution is -2.48. The monoisotopic (exact) mass is 466 g/mol. The number of halogens is 2. The molecule has 0 fully saturated rings. The predicted molar refractivity (Wildman–Crippen MR) is 127 cm³/mol. The van der Waals surface area contributed by atoms with Crippen LogP contribution in [0.3, 0.4) is 0 Å². The van der Waals surface area contributed by atoms with Gasteiger partial charge in [-0.3, -0.25) is 9.59 Å². The summed E-state index contributed by atoms with van der Waals surface area (Å²) in [4.78, 5) is 27.3. The second-order valence-electron chi connectivity index (χ2n) is 7.55. The van der Waals surface area contributed by atoms with Crippen LogP contribution in [0.25, 0.3) is 0 Å². The van der Waals surface area contributed by atoms with E-state index >= 15 is 0 Å². The highest BCUT2D eigenvalue weighted by molar-refractivity contribution is 7.99. The molecular formula is C23H28Cl2N2O2S. The molecule has 4 nitrogen and oxygen atoms in total. The average Bonchev–Trinajstić information content (AvgIpc) is 2.72. The predicted octanol–water partition coefficient (Wildman–Crippen LogP) is 5.42. The first-order valence-corrected chi connectivity index (χ1v) is 11.8. The number of carbonyl (C=O) groups excluding carboxylic acids is 2. The van der Waals surface area contributed by atoms with E-state index in [1.165, 1.54) is 11.8 Å². The van der Waals surface area contributed by atoms with Crippen LogP contribution in [-0.4, -0.2) is 35.1 Å². The molecule has 2 amide bonds. The van der Waals surface area contributed by atoms with E-state index in [1.807, 2.05) is 50.2 Å². The molecule has 0 saturated heterocycles. The molecule has 0 bridgehead atoms. The van der Waals surface area contributed by atoms with Crippen molar-refractivity contribution in [2.45, 2.75) is 39.1 Å². The summed E-state index contributed by atoms with van der Waals surface area (Å²) in [5.41, 5.74) is 1.91. The van der Waals surface area contributed by atoms with Gasteiger partial charge in [-0.1, -0.05) is 67.4 Å². The molecule has 2 aromatic carbocycles. The van der Waals surface area contributed by atoms with Crippen molar-refractivity contribution in [1.29, 1.82) is 0 Å². The number of rotatable bonds is 10. The SMILES string of the molecule is CC(C)CNC(=O)[C@H](C)N(Cc1ccc(Cl)cc1)C(=O)CSCc1ccccc1Cl. The Morgan fingerprint density at radius 3 is 2.33 bits per heavy atom. The van der Waals surface area contributed by atoms with Gasteiger partial charge in [-0.05, 0) is 42.2 Å². The number of amides is 2. The molecule has 1 N–H and O–H groups in total. The van der Waals surface area contributed by atoms with Crippen LogP contribution in [0, 0.1) is 5.92 Å². The standard InChI is InChI=1S/C23H28Cl2N2O2S/c1-16(2)12-26-23(29)17(3)27(13-18-8-10-20(24)11-9-18)22(28)15-30-14-19-6-4-5-7-21(19)25/h4-11,16-17H,12-15H2,1-3H3,(H,26,29)/t17-/m0/s1. The fraction of sp³-hybridized carbons (Fsp3) is 0.391. The molecule has 0 aliphatic rings. The largest absolute Gasteiger partial charge is 0.354 e. The zero-order valence-corrected chi connectivity index (χ0v) is 19.9. The van der Waals surface area contributed by atoms with Crippen molar-refractivity contribution in [1.82, 2.24) is 10.2 Å². The maximum Gasteiger partial charge on any atom is 0.242 e. The summed E-state index contributed by atoms with van der Waals surface area (Å²) in [6, 6.07) is 14.3. The number of nitrogens with zero attached hydrogens (tertiary/aromatic N) is 1. The fourth-order valence-corrected chi connectivity index (χ4v) is 4.09. The minimum atomic E-state index is -0.576. The van der Waals surface area contributed by atoms with Gasteiger partial charge in [0.15, 0.2) is 0 Å². The Labute approximate surface area is 193 Å². The van der Waals surface area contributed by atoms with Crippen LogP contribution < -0.4 is 5.32 Å². The van der Waals surface area contributed by atoms with Crippen molar-refractivity contribution in [2.75, 3.05) is 12.3 Å². The van der Waals surface area contributed by atoms with Crippen molar-refractivity contribution in [2.24, 2.45) is 5.92 Å². The summed E-state index contributed by atoms with van der Waals surface area (Å²) in [7, 11) is 0. The van der Waals surface area contributed by atoms with E-state index in [9.17, 15) is 9.59 Å². The van der Waals surface area contributed by atoms with Gasteiger partial charge >= 0.3 is 0 Å². The lowest BCUT2D eigenvalue weighted by atomic mass is 10.1. The van der Waals surface area contributed by atoms with Gasteiger partial charge in [0, 0.05) is 28.9 Å². The Morgan fingerprint density at radius 2 is 1.70 bits per heavy atom. The van der Waals surface area contributed by atoms with E-state index < -0.39 is 6.04 Å². The lowest BCUT2D eigenvalue weighted by Gasteiger charge is -2.29. The van der Waals surface area contributed by atoms with Crippen LogP contribution in [0.5, 0.6) is 0 Å². The van der Waals surface area contributed by atoms with Crippen molar-refractivity contribution in [3.8, 4) is 0 Å². The topological polar surface area (TPSA) is 49.4 Å². The van der Waals surface area contributed by atoms with Crippen molar-refractivity contribution >= 4 is 46.8 Å². The van der Waals surface area contributed by atoms with Gasteiger partial charge in [0.2, 0.25) is 11.8 Å². The molecule has 30 heavy (non-hydrogen) atoms. The fourth-order valence-electron chi connectivity index (χ4n) is 2.77. The number of hydrogen-bond acceptors (Lipinski definition) is 3. The third kappa shape index (κ3) is 7.86. The molecule has 0 radical (unpaired) electrons. The molecule has 7 heteroatoms. The smallest absolute Gasteiger partial charge is 0.242 e. The van der Waals surface area contributed by atoms with Gasteiger partial charge in [-0.25, -0.2) is 0 Å². The van der Waals surface area contributed by atoms with Gasteiger partial charge in [0.1, 0.15) is 6.04 Å². The molecule has 0 heterocycles. The molecule has 162 valence electrons. The normalized spacial score (nSPS) is 11.9. The van der Waals surface area contributed by atoms with Crippen LogP contribution in [0.15, 0.2) is 48.5 Å². The molecule has 2 rings (SSSR count). The number of nitrogens with one attached hydrogen (secondary N) is 1. The van der Waals surface area contributed by atoms with Crippen LogP contribution in [0.1, 0.15) is 31.9 Å². The maximum atomic E-state index is 13.0. The van der Waals surface area contributed by atoms with E-state index in [0.29, 0.717) is 34.8 Å². The first kappa shape index (κ1) is 24.6. The summed E-state index contributed by atoms with van der Waals surface area (Å²) < 4.78 is 0. The molecule has 1 atom stereocenters. The zero-order valence-electron chi connectivity index (χ0n) is 17.5. The highest BCUT2D eigenvalue weighted by Crippen LogP contribution is 2.22. The van der Waals surface area contributed by atoms with Crippen LogP contribution in [-0.2, 0) is 21.9 Å². The Balaban J connectivity index is 2.06. The third-order valence-electron chi connectivity index (χ3n) is 4.56. The Morgan fingerprint density at radius 1 is 1.03 bits per heavy atom. The van der Waals surface area contributed by atoms with Crippen LogP contribution >= 0.6 is 35.0 Å². The third-order valence-corrected chi connectivity index (χ3v) is 6.15. The first-order valence-electron chi connectivity index (χ1n) is 9.90. The number of hydrogen-bond donors (Lipinski definition) is 1. The van der Waals surface area contributed by atoms with E-state index in [1.54, 1.807) is 24.0 Å². The minimum absolute atomic E-state index is 0.0887. The quantitative estimate of drug-likeness (QED) is 0.508. The molecule has 0 aliphatic heterocycles. The van der Waals surface area contributed by atoms with Gasteiger partial charge in [-0.2, -0.15) is 0 Å². The first-order chi connectivity index (χ1) is 14.3. The minimum Gasteiger partial charge on any atom is -0.354 e. The van der Waals surface area contributed by atoms with Crippen molar-refractivity contribution < 1.29 is 9.59 Å². The Hall–Kier alpha value is -1.69. The van der Waals surface area contributed by atoms with Crippen LogP contribution in [0.2, 0.25) is 10.0 Å². The van der Waals surface area contributed by atoms with E-state index in [4.69, 9.17) is 23.2 Å². The molecular weight excluding hydrogens is 439 g/mol. The maximum absolute atomic E-state index is 13.0. The molecule has 0 aromatic heterocycles. The molecule has 0 saturated carbocycles. The van der Waals surface area contributed by atoms with Gasteiger partial charge in [0.25, 0.3) is 0 Å². The Kier molecular flexibility index (Phi) is 10.0.